The number of hydrogen-bond donors (Lipinski definition) is 0. The lowest BCUT2D eigenvalue weighted by Crippen LogP contribution is -2.40. The van der Waals surface area contributed by atoms with E-state index in [9.17, 15) is 9.18 Å². The van der Waals surface area contributed by atoms with Crippen molar-refractivity contribution in [2.24, 2.45) is 0 Å². The highest BCUT2D eigenvalue weighted by Gasteiger charge is 2.33. The van der Waals surface area contributed by atoms with Crippen LogP contribution in [0.25, 0.3) is 11.3 Å². The summed E-state index contributed by atoms with van der Waals surface area (Å²) in [7, 11) is 0. The Morgan fingerprint density at radius 3 is 2.59 bits per heavy atom. The highest BCUT2D eigenvalue weighted by Crippen LogP contribution is 2.36. The molecule has 1 fully saturated rings. The maximum atomic E-state index is 14.6. The van der Waals surface area contributed by atoms with E-state index in [-0.39, 0.29) is 29.2 Å². The van der Waals surface area contributed by atoms with Crippen molar-refractivity contribution in [3.8, 4) is 5.69 Å². The third-order valence-electron chi connectivity index (χ3n) is 7.65. The third-order valence-corrected chi connectivity index (χ3v) is 8.29. The molecule has 1 aliphatic carbocycles. The van der Waals surface area contributed by atoms with Gasteiger partial charge in [-0.05, 0) is 67.9 Å². The molecule has 0 saturated carbocycles. The summed E-state index contributed by atoms with van der Waals surface area (Å²) in [5.74, 6) is -0.201. The number of rotatable bonds is 12. The van der Waals surface area contributed by atoms with Gasteiger partial charge in [0.15, 0.2) is 18.4 Å². The highest BCUT2D eigenvalue weighted by molar-refractivity contribution is 6.32. The molecule has 1 aliphatic heterocycles. The number of allylic oxidation sites excluding steroid dienone is 4. The molecule has 2 atom stereocenters. The van der Waals surface area contributed by atoms with Gasteiger partial charge < -0.3 is 9.47 Å². The second-order valence-electron chi connectivity index (χ2n) is 10.6. The normalized spacial score (nSPS) is 20.9. The van der Waals surface area contributed by atoms with E-state index in [1.807, 2.05) is 49.4 Å². The minimum atomic E-state index is -0.469. The molecule has 2 aliphatic rings. The molecule has 1 saturated heterocycles. The number of para-hydroxylation sites is 1. The van der Waals surface area contributed by atoms with E-state index in [2.05, 4.69) is 13.0 Å². The molecule has 0 N–H and O–H groups in total. The number of aromatic nitrogens is 2. The first-order valence-electron chi connectivity index (χ1n) is 14.3. The summed E-state index contributed by atoms with van der Waals surface area (Å²) in [5, 5.41) is 5.31. The maximum Gasteiger partial charge on any atom is 0.183 e. The Kier molecular flexibility index (Phi) is 9.76. The van der Waals surface area contributed by atoms with Crippen LogP contribution in [0.2, 0.25) is 5.02 Å². The zero-order chi connectivity index (χ0) is 28.9. The van der Waals surface area contributed by atoms with E-state index in [1.165, 1.54) is 6.07 Å². The zero-order valence-corrected chi connectivity index (χ0v) is 24.9. The number of alkyl halides is 1. The molecule has 2 aromatic carbocycles. The molecule has 8 heteroatoms. The Morgan fingerprint density at radius 2 is 1.90 bits per heavy atom. The van der Waals surface area contributed by atoms with Crippen LogP contribution in [-0.2, 0) is 15.9 Å². The Hall–Kier alpha value is -2.77. The predicted octanol–water partition coefficient (Wildman–Crippen LogP) is 8.81. The molecule has 3 aromatic rings. The van der Waals surface area contributed by atoms with E-state index >= 15 is 0 Å². The predicted molar refractivity (Wildman–Crippen MR) is 161 cm³/mol. The molecular formula is C33H35Cl2FN2O3. The quantitative estimate of drug-likeness (QED) is 0.155. The van der Waals surface area contributed by atoms with Crippen molar-refractivity contribution in [2.45, 2.75) is 82.7 Å². The van der Waals surface area contributed by atoms with Crippen LogP contribution in [0.1, 0.15) is 85.6 Å². The van der Waals surface area contributed by atoms with Crippen LogP contribution < -0.4 is 0 Å². The van der Waals surface area contributed by atoms with E-state index in [4.69, 9.17) is 37.8 Å². The van der Waals surface area contributed by atoms with Gasteiger partial charge in [-0.1, -0.05) is 73.5 Å². The topological polar surface area (TPSA) is 53.4 Å². The van der Waals surface area contributed by atoms with Crippen LogP contribution >= 0.6 is 23.2 Å². The summed E-state index contributed by atoms with van der Waals surface area (Å²) < 4.78 is 27.9. The fourth-order valence-electron chi connectivity index (χ4n) is 5.67. The standard InChI is InChI=1S/C33H35Cl2FN2O3/c1-3-9-22(25-11-4-6-13-28(25)36)10-8-15-30(39)32-26(20-31-40-21(2)41-31)33(23-16-18-24(34)19-17-23)38(37-32)29-14-7-5-12-27(29)35/h4-7,11-14,16-18,21-22,24,31H,3,8-10,15,19-20H2,1-2H3. The molecule has 0 amide bonds. The van der Waals surface area contributed by atoms with Crippen molar-refractivity contribution in [2.75, 3.05) is 0 Å². The summed E-state index contributed by atoms with van der Waals surface area (Å²) >= 11 is 13.0. The lowest BCUT2D eigenvalue weighted by molar-refractivity contribution is -0.374. The summed E-state index contributed by atoms with van der Waals surface area (Å²) in [5.41, 5.74) is 4.23. The molecule has 5 nitrogen and oxygen atoms in total. The van der Waals surface area contributed by atoms with Crippen LogP contribution in [0.5, 0.6) is 0 Å². The van der Waals surface area contributed by atoms with Gasteiger partial charge in [-0.2, -0.15) is 5.10 Å². The van der Waals surface area contributed by atoms with Gasteiger partial charge in [0.2, 0.25) is 0 Å². The maximum absolute atomic E-state index is 14.6. The molecular weight excluding hydrogens is 562 g/mol. The van der Waals surface area contributed by atoms with Crippen molar-refractivity contribution in [3.63, 3.8) is 0 Å². The minimum Gasteiger partial charge on any atom is -0.324 e. The Labute approximate surface area is 250 Å². The van der Waals surface area contributed by atoms with Gasteiger partial charge in [0.25, 0.3) is 0 Å². The minimum absolute atomic E-state index is 0.0593. The SMILES string of the molecule is CCCC(CCCC(=O)c1nn(-c2ccccc2Cl)c(C2=CCC(Cl)C=C2)c1CC1OC(C)O1)c1ccccc1F. The second-order valence-corrected chi connectivity index (χ2v) is 11.6. The third kappa shape index (κ3) is 6.83. The molecule has 2 unspecified atom stereocenters. The molecule has 216 valence electrons. The number of halogens is 3. The van der Waals surface area contributed by atoms with Crippen molar-refractivity contribution >= 4 is 34.6 Å². The van der Waals surface area contributed by atoms with Crippen LogP contribution in [0.15, 0.2) is 66.8 Å². The van der Waals surface area contributed by atoms with E-state index in [0.29, 0.717) is 48.5 Å². The summed E-state index contributed by atoms with van der Waals surface area (Å²) in [4.78, 5) is 13.9. The monoisotopic (exact) mass is 596 g/mol. The van der Waals surface area contributed by atoms with Gasteiger partial charge in [0.05, 0.1) is 21.8 Å². The highest BCUT2D eigenvalue weighted by atomic mass is 35.5. The van der Waals surface area contributed by atoms with Crippen LogP contribution in [0.4, 0.5) is 4.39 Å². The lowest BCUT2D eigenvalue weighted by atomic mass is 9.88. The summed E-state index contributed by atoms with van der Waals surface area (Å²) in [6.07, 6.45) is 9.68. The summed E-state index contributed by atoms with van der Waals surface area (Å²) in [6.45, 7) is 3.94. The van der Waals surface area contributed by atoms with Gasteiger partial charge in [-0.15, -0.1) is 11.6 Å². The molecule has 41 heavy (non-hydrogen) atoms. The van der Waals surface area contributed by atoms with E-state index in [1.54, 1.807) is 16.8 Å². The number of ether oxygens (including phenoxy) is 2. The lowest BCUT2D eigenvalue weighted by Gasteiger charge is -2.34. The number of carbonyl (C=O) groups excluding carboxylic acids is 1. The van der Waals surface area contributed by atoms with Crippen molar-refractivity contribution in [3.05, 3.63) is 100 Å². The first kappa shape index (κ1) is 29.7. The first-order chi connectivity index (χ1) is 19.9. The van der Waals surface area contributed by atoms with Crippen LogP contribution in [0, 0.1) is 5.82 Å². The molecule has 1 aromatic heterocycles. The van der Waals surface area contributed by atoms with Gasteiger partial charge in [0, 0.05) is 18.4 Å². The number of benzene rings is 2. The van der Waals surface area contributed by atoms with Gasteiger partial charge >= 0.3 is 0 Å². The average molecular weight is 598 g/mol. The number of nitrogens with zero attached hydrogens (tertiary/aromatic N) is 2. The smallest absolute Gasteiger partial charge is 0.183 e. The van der Waals surface area contributed by atoms with Crippen LogP contribution in [-0.4, -0.2) is 33.5 Å². The largest absolute Gasteiger partial charge is 0.324 e. The zero-order valence-electron chi connectivity index (χ0n) is 23.4. The fraction of sp³-hybridized carbons (Fsp3) is 0.394. The van der Waals surface area contributed by atoms with Gasteiger partial charge in [-0.3, -0.25) is 4.79 Å². The Morgan fingerprint density at radius 1 is 1.15 bits per heavy atom. The fourth-order valence-corrected chi connectivity index (χ4v) is 6.05. The Balaban J connectivity index is 1.48. The van der Waals surface area contributed by atoms with Crippen molar-refractivity contribution < 1.29 is 18.7 Å². The molecule has 0 radical (unpaired) electrons. The number of hydrogen-bond acceptors (Lipinski definition) is 4. The summed E-state index contributed by atoms with van der Waals surface area (Å²) in [6, 6.07) is 14.4. The van der Waals surface area contributed by atoms with Gasteiger partial charge in [0.1, 0.15) is 11.5 Å². The first-order valence-corrected chi connectivity index (χ1v) is 15.1. The van der Waals surface area contributed by atoms with E-state index < -0.39 is 6.29 Å². The number of ketones is 1. The number of Topliss-reactive ketones (excluding diaryl/α,β-unsaturated/α-hetero) is 1. The molecule has 5 rings (SSSR count). The van der Waals surface area contributed by atoms with Crippen molar-refractivity contribution in [1.82, 2.24) is 9.78 Å². The Bertz CT molecular complexity index is 1440. The van der Waals surface area contributed by atoms with Crippen LogP contribution in [0.3, 0.4) is 0 Å². The second kappa shape index (κ2) is 13.5. The average Bonchev–Trinajstić information content (AvgIpc) is 3.31. The molecule has 0 spiro atoms. The number of carbonyl (C=O) groups is 1. The van der Waals surface area contributed by atoms with E-state index in [0.717, 1.165) is 35.2 Å². The van der Waals surface area contributed by atoms with Crippen molar-refractivity contribution in [1.29, 1.82) is 0 Å². The van der Waals surface area contributed by atoms with Gasteiger partial charge in [-0.25, -0.2) is 9.07 Å². The molecule has 0 bridgehead atoms. The molecule has 2 heterocycles.